The smallest absolute Gasteiger partial charge is 0.266 e. The van der Waals surface area contributed by atoms with Gasteiger partial charge in [0, 0.05) is 10.2 Å². The van der Waals surface area contributed by atoms with Crippen LogP contribution in [-0.2, 0) is 0 Å². The van der Waals surface area contributed by atoms with E-state index in [-0.39, 0.29) is 17.2 Å². The number of carbonyl (C=O) groups excluding carboxylic acids is 3. The van der Waals surface area contributed by atoms with Crippen LogP contribution in [0.3, 0.4) is 0 Å². The van der Waals surface area contributed by atoms with Gasteiger partial charge in [-0.1, -0.05) is 34.1 Å². The molecule has 3 amide bonds. The highest BCUT2D eigenvalue weighted by Gasteiger charge is 2.38. The number of amides is 3. The maximum Gasteiger partial charge on any atom is 0.266 e. The summed E-state index contributed by atoms with van der Waals surface area (Å²) in [7, 11) is 0. The van der Waals surface area contributed by atoms with Gasteiger partial charge in [0.2, 0.25) is 0 Å². The van der Waals surface area contributed by atoms with Gasteiger partial charge in [0.05, 0.1) is 22.4 Å². The first kappa shape index (κ1) is 19.1. The summed E-state index contributed by atoms with van der Waals surface area (Å²) in [5.74, 6) is -1.27. The molecule has 6 heteroatoms. The number of aryl methyl sites for hydroxylation is 2. The van der Waals surface area contributed by atoms with Crippen LogP contribution in [0.4, 0.5) is 11.4 Å². The van der Waals surface area contributed by atoms with Crippen molar-refractivity contribution in [3.8, 4) is 0 Å². The minimum atomic E-state index is -0.446. The van der Waals surface area contributed by atoms with Crippen LogP contribution >= 0.6 is 15.9 Å². The van der Waals surface area contributed by atoms with Crippen molar-refractivity contribution in [3.05, 3.63) is 93.0 Å². The van der Waals surface area contributed by atoms with Gasteiger partial charge in [-0.05, 0) is 67.4 Å². The molecule has 3 aromatic rings. The lowest BCUT2D eigenvalue weighted by molar-refractivity contribution is 0.0926. The van der Waals surface area contributed by atoms with E-state index in [1.807, 2.05) is 32.0 Å². The van der Waals surface area contributed by atoms with E-state index in [0.717, 1.165) is 16.0 Å². The van der Waals surface area contributed by atoms with Crippen molar-refractivity contribution in [2.45, 2.75) is 13.8 Å². The number of fused-ring (bicyclic) bond motifs is 1. The molecule has 3 aromatic carbocycles. The molecule has 0 saturated carbocycles. The van der Waals surface area contributed by atoms with Crippen LogP contribution < -0.4 is 10.2 Å². The molecule has 0 fully saturated rings. The molecule has 0 aliphatic carbocycles. The number of nitrogens with one attached hydrogen (secondary N) is 1. The third-order valence-electron chi connectivity index (χ3n) is 4.72. The maximum atomic E-state index is 13.0. The maximum absolute atomic E-state index is 13.0. The molecule has 0 atom stereocenters. The van der Waals surface area contributed by atoms with Crippen molar-refractivity contribution in [3.63, 3.8) is 0 Å². The summed E-state index contributed by atoms with van der Waals surface area (Å²) in [6, 6.07) is 17.3. The van der Waals surface area contributed by atoms with E-state index in [1.54, 1.807) is 42.5 Å². The zero-order valence-electron chi connectivity index (χ0n) is 15.8. The molecule has 0 radical (unpaired) electrons. The molecule has 0 bridgehead atoms. The number of imide groups is 1. The second-order valence-electron chi connectivity index (χ2n) is 6.98. The molecule has 0 unspecified atom stereocenters. The fourth-order valence-electron chi connectivity index (χ4n) is 3.54. The third-order valence-corrected chi connectivity index (χ3v) is 5.21. The van der Waals surface area contributed by atoms with Gasteiger partial charge in [0.15, 0.2) is 0 Å². The number of anilines is 2. The number of halogens is 1. The lowest BCUT2D eigenvalue weighted by Gasteiger charge is -2.18. The van der Waals surface area contributed by atoms with Gasteiger partial charge < -0.3 is 5.32 Å². The Bertz CT molecular complexity index is 1170. The summed E-state index contributed by atoms with van der Waals surface area (Å²) in [6.45, 7) is 3.90. The largest absolute Gasteiger partial charge is 0.322 e. The number of rotatable bonds is 3. The molecule has 0 saturated heterocycles. The van der Waals surface area contributed by atoms with E-state index in [0.29, 0.717) is 21.3 Å². The van der Waals surface area contributed by atoms with Gasteiger partial charge in [-0.15, -0.1) is 0 Å². The van der Waals surface area contributed by atoms with Gasteiger partial charge in [0.25, 0.3) is 17.7 Å². The molecular formula is C23H17BrN2O3. The second kappa shape index (κ2) is 7.29. The van der Waals surface area contributed by atoms with Gasteiger partial charge >= 0.3 is 0 Å². The number of benzene rings is 3. The highest BCUT2D eigenvalue weighted by molar-refractivity contribution is 9.10. The summed E-state index contributed by atoms with van der Waals surface area (Å²) >= 11 is 3.33. The molecule has 29 heavy (non-hydrogen) atoms. The highest BCUT2D eigenvalue weighted by Crippen LogP contribution is 2.32. The summed E-state index contributed by atoms with van der Waals surface area (Å²) in [4.78, 5) is 39.9. The molecule has 0 spiro atoms. The Labute approximate surface area is 176 Å². The summed E-state index contributed by atoms with van der Waals surface area (Å²) in [5, 5.41) is 2.87. The number of carbonyl (C=O) groups is 3. The van der Waals surface area contributed by atoms with Crippen molar-refractivity contribution >= 4 is 45.0 Å². The normalized spacial score (nSPS) is 12.9. The van der Waals surface area contributed by atoms with Crippen LogP contribution in [0.2, 0.25) is 0 Å². The molecule has 1 N–H and O–H groups in total. The molecule has 144 valence electrons. The molecule has 1 aliphatic heterocycles. The molecule has 1 aliphatic rings. The van der Waals surface area contributed by atoms with Gasteiger partial charge in [-0.25, -0.2) is 4.90 Å². The van der Waals surface area contributed by atoms with E-state index >= 15 is 0 Å². The molecule has 5 nitrogen and oxygen atoms in total. The van der Waals surface area contributed by atoms with Crippen LogP contribution in [0.1, 0.15) is 42.2 Å². The van der Waals surface area contributed by atoms with E-state index in [1.165, 1.54) is 0 Å². The average Bonchev–Trinajstić information content (AvgIpc) is 2.91. The average molecular weight is 449 g/mol. The van der Waals surface area contributed by atoms with Crippen molar-refractivity contribution in [2.75, 3.05) is 10.2 Å². The van der Waals surface area contributed by atoms with Crippen molar-refractivity contribution in [1.82, 2.24) is 0 Å². The monoisotopic (exact) mass is 448 g/mol. The zero-order chi connectivity index (χ0) is 20.7. The van der Waals surface area contributed by atoms with Crippen molar-refractivity contribution in [2.24, 2.45) is 0 Å². The van der Waals surface area contributed by atoms with E-state index in [9.17, 15) is 14.4 Å². The predicted molar refractivity (Wildman–Crippen MR) is 116 cm³/mol. The van der Waals surface area contributed by atoms with Crippen molar-refractivity contribution < 1.29 is 14.4 Å². The fraction of sp³-hybridized carbons (Fsp3) is 0.0870. The van der Waals surface area contributed by atoms with Crippen LogP contribution in [0.15, 0.2) is 65.1 Å². The lowest BCUT2D eigenvalue weighted by Crippen LogP contribution is -2.31. The Morgan fingerprint density at radius 2 is 1.52 bits per heavy atom. The Balaban J connectivity index is 1.71. The minimum Gasteiger partial charge on any atom is -0.322 e. The molecule has 4 rings (SSSR count). The Kier molecular flexibility index (Phi) is 4.80. The van der Waals surface area contributed by atoms with E-state index in [4.69, 9.17) is 0 Å². The second-order valence-corrected chi connectivity index (χ2v) is 7.90. The molecule has 1 heterocycles. The number of para-hydroxylation sites is 1. The van der Waals surface area contributed by atoms with Crippen molar-refractivity contribution in [1.29, 1.82) is 0 Å². The van der Waals surface area contributed by atoms with Crippen LogP contribution in [0.25, 0.3) is 0 Å². The molecule has 0 aromatic heterocycles. The van der Waals surface area contributed by atoms with Crippen LogP contribution in [0.5, 0.6) is 0 Å². The van der Waals surface area contributed by atoms with E-state index in [2.05, 4.69) is 21.2 Å². The highest BCUT2D eigenvalue weighted by atomic mass is 79.9. The summed E-state index contributed by atoms with van der Waals surface area (Å²) in [6.07, 6.45) is 0. The summed E-state index contributed by atoms with van der Waals surface area (Å²) in [5.41, 5.74) is 3.86. The Morgan fingerprint density at radius 3 is 2.24 bits per heavy atom. The van der Waals surface area contributed by atoms with Crippen LogP contribution in [0, 0.1) is 13.8 Å². The first-order valence-corrected chi connectivity index (χ1v) is 9.81. The fourth-order valence-corrected chi connectivity index (χ4v) is 3.90. The summed E-state index contributed by atoms with van der Waals surface area (Å²) < 4.78 is 0.708. The first-order chi connectivity index (χ1) is 13.8. The zero-order valence-corrected chi connectivity index (χ0v) is 17.4. The quantitative estimate of drug-likeness (QED) is 0.565. The first-order valence-electron chi connectivity index (χ1n) is 9.02. The van der Waals surface area contributed by atoms with Crippen LogP contribution in [-0.4, -0.2) is 17.7 Å². The number of hydrogen-bond acceptors (Lipinski definition) is 3. The Morgan fingerprint density at radius 1 is 0.862 bits per heavy atom. The third kappa shape index (κ3) is 3.47. The standard InChI is InChI=1S/C23H17BrN2O3/c1-13-9-14(2)11-16(10-13)25-21(27)18-5-3-4-6-20(18)26-22(28)17-8-7-15(24)12-19(17)23(26)29/h3-12H,1-2H3,(H,25,27). The van der Waals surface area contributed by atoms with E-state index < -0.39 is 11.8 Å². The predicted octanol–water partition coefficient (Wildman–Crippen LogP) is 5.12. The number of nitrogens with zero attached hydrogens (tertiary/aromatic N) is 1. The SMILES string of the molecule is Cc1cc(C)cc(NC(=O)c2ccccc2N2C(=O)c3ccc(Br)cc3C2=O)c1. The Hall–Kier alpha value is -3.25. The lowest BCUT2D eigenvalue weighted by atomic mass is 10.1. The van der Waals surface area contributed by atoms with Gasteiger partial charge in [-0.3, -0.25) is 14.4 Å². The number of hydrogen-bond donors (Lipinski definition) is 1. The van der Waals surface area contributed by atoms with Gasteiger partial charge in [-0.2, -0.15) is 0 Å². The van der Waals surface area contributed by atoms with Gasteiger partial charge in [0.1, 0.15) is 0 Å². The molecular weight excluding hydrogens is 432 g/mol. The minimum absolute atomic E-state index is 0.250. The topological polar surface area (TPSA) is 66.5 Å².